The monoisotopic (exact) mass is 234 g/mol. The van der Waals surface area contributed by atoms with Crippen LogP contribution in [0.1, 0.15) is 32.3 Å². The van der Waals surface area contributed by atoms with Crippen LogP contribution in [0.25, 0.3) is 0 Å². The molecule has 2 N–H and O–H groups in total. The van der Waals surface area contributed by atoms with Crippen LogP contribution in [0.4, 0.5) is 0 Å². The van der Waals surface area contributed by atoms with Gasteiger partial charge in [-0.15, -0.1) is 0 Å². The first-order valence-corrected chi connectivity index (χ1v) is 6.79. The van der Waals surface area contributed by atoms with E-state index in [1.165, 1.54) is 12.0 Å². The third-order valence-corrected chi connectivity index (χ3v) is 3.31. The Balaban J connectivity index is 2.46. The standard InChI is InChI=1S/C15H26N2/c1-3-12-17(4-2)15(13-16)11-10-14-8-6-5-7-9-14/h5-9,15H,3-4,10-13,16H2,1-2H3. The predicted octanol–water partition coefficient (Wildman–Crippen LogP) is 2.68. The van der Waals surface area contributed by atoms with Gasteiger partial charge in [0.2, 0.25) is 0 Å². The van der Waals surface area contributed by atoms with Crippen molar-refractivity contribution in [1.29, 1.82) is 0 Å². The highest BCUT2D eigenvalue weighted by molar-refractivity contribution is 5.14. The SMILES string of the molecule is CCCN(CC)C(CN)CCc1ccccc1. The molecule has 0 saturated carbocycles. The normalized spacial score (nSPS) is 12.9. The van der Waals surface area contributed by atoms with Crippen molar-refractivity contribution in [2.45, 2.75) is 39.2 Å². The Kier molecular flexibility index (Phi) is 6.90. The van der Waals surface area contributed by atoms with Gasteiger partial charge in [0.15, 0.2) is 0 Å². The van der Waals surface area contributed by atoms with Crippen LogP contribution in [-0.4, -0.2) is 30.6 Å². The second kappa shape index (κ2) is 8.26. The molecular weight excluding hydrogens is 208 g/mol. The first kappa shape index (κ1) is 14.2. The predicted molar refractivity (Wildman–Crippen MR) is 75.1 cm³/mol. The molecule has 2 nitrogen and oxygen atoms in total. The van der Waals surface area contributed by atoms with Crippen molar-refractivity contribution in [3.8, 4) is 0 Å². The van der Waals surface area contributed by atoms with Crippen LogP contribution in [-0.2, 0) is 6.42 Å². The molecule has 1 rings (SSSR count). The fourth-order valence-corrected chi connectivity index (χ4v) is 2.31. The number of likely N-dealkylation sites (N-methyl/N-ethyl adjacent to an activating group) is 1. The zero-order valence-electron chi connectivity index (χ0n) is 11.2. The number of nitrogens with zero attached hydrogens (tertiary/aromatic N) is 1. The molecule has 17 heavy (non-hydrogen) atoms. The smallest absolute Gasteiger partial charge is 0.0221 e. The van der Waals surface area contributed by atoms with Crippen LogP contribution in [0.2, 0.25) is 0 Å². The maximum atomic E-state index is 5.90. The Morgan fingerprint density at radius 3 is 2.41 bits per heavy atom. The van der Waals surface area contributed by atoms with E-state index in [-0.39, 0.29) is 0 Å². The fraction of sp³-hybridized carbons (Fsp3) is 0.600. The van der Waals surface area contributed by atoms with Crippen molar-refractivity contribution in [2.24, 2.45) is 5.73 Å². The number of aryl methyl sites for hydroxylation is 1. The lowest BCUT2D eigenvalue weighted by molar-refractivity contribution is 0.201. The lowest BCUT2D eigenvalue weighted by Gasteiger charge is -2.29. The maximum absolute atomic E-state index is 5.90. The summed E-state index contributed by atoms with van der Waals surface area (Å²) < 4.78 is 0. The Morgan fingerprint density at radius 1 is 1.18 bits per heavy atom. The average Bonchev–Trinajstić information content (AvgIpc) is 2.39. The van der Waals surface area contributed by atoms with Gasteiger partial charge in [-0.1, -0.05) is 44.2 Å². The van der Waals surface area contributed by atoms with Crippen molar-refractivity contribution in [3.63, 3.8) is 0 Å². The van der Waals surface area contributed by atoms with E-state index in [0.717, 1.165) is 32.5 Å². The molecule has 1 aromatic rings. The Hall–Kier alpha value is -0.860. The maximum Gasteiger partial charge on any atom is 0.0221 e. The highest BCUT2D eigenvalue weighted by atomic mass is 15.2. The second-order valence-corrected chi connectivity index (χ2v) is 4.54. The zero-order chi connectivity index (χ0) is 12.5. The van der Waals surface area contributed by atoms with Gasteiger partial charge >= 0.3 is 0 Å². The van der Waals surface area contributed by atoms with E-state index in [1.54, 1.807) is 0 Å². The summed E-state index contributed by atoms with van der Waals surface area (Å²) in [5.74, 6) is 0. The minimum absolute atomic E-state index is 0.528. The summed E-state index contributed by atoms with van der Waals surface area (Å²) in [5, 5.41) is 0. The number of benzene rings is 1. The average molecular weight is 234 g/mol. The fourth-order valence-electron chi connectivity index (χ4n) is 2.31. The van der Waals surface area contributed by atoms with Crippen molar-refractivity contribution in [1.82, 2.24) is 4.90 Å². The summed E-state index contributed by atoms with van der Waals surface area (Å²) in [6, 6.07) is 11.2. The van der Waals surface area contributed by atoms with Crippen LogP contribution < -0.4 is 5.73 Å². The van der Waals surface area contributed by atoms with E-state index in [0.29, 0.717) is 6.04 Å². The van der Waals surface area contributed by atoms with E-state index >= 15 is 0 Å². The molecule has 0 heterocycles. The molecule has 1 atom stereocenters. The van der Waals surface area contributed by atoms with Crippen molar-refractivity contribution < 1.29 is 0 Å². The third-order valence-electron chi connectivity index (χ3n) is 3.31. The second-order valence-electron chi connectivity index (χ2n) is 4.54. The molecular formula is C15H26N2. The molecule has 0 amide bonds. The van der Waals surface area contributed by atoms with Crippen LogP contribution in [0, 0.1) is 0 Å². The quantitative estimate of drug-likeness (QED) is 0.749. The lowest BCUT2D eigenvalue weighted by atomic mass is 10.0. The van der Waals surface area contributed by atoms with E-state index in [9.17, 15) is 0 Å². The van der Waals surface area contributed by atoms with Gasteiger partial charge in [0.05, 0.1) is 0 Å². The molecule has 0 aliphatic heterocycles. The molecule has 0 aliphatic rings. The molecule has 0 radical (unpaired) electrons. The summed E-state index contributed by atoms with van der Waals surface area (Å²) in [4.78, 5) is 2.50. The molecule has 2 heteroatoms. The molecule has 0 bridgehead atoms. The number of rotatable bonds is 8. The minimum atomic E-state index is 0.528. The van der Waals surface area contributed by atoms with Gasteiger partial charge in [-0.05, 0) is 37.9 Å². The molecule has 1 aromatic carbocycles. The number of nitrogens with two attached hydrogens (primary N) is 1. The Labute approximate surface area is 106 Å². The molecule has 0 fully saturated rings. The van der Waals surface area contributed by atoms with Gasteiger partial charge in [0, 0.05) is 12.6 Å². The van der Waals surface area contributed by atoms with Gasteiger partial charge in [-0.2, -0.15) is 0 Å². The van der Waals surface area contributed by atoms with Crippen LogP contribution >= 0.6 is 0 Å². The summed E-state index contributed by atoms with van der Waals surface area (Å²) in [7, 11) is 0. The van der Waals surface area contributed by atoms with Crippen LogP contribution in [0.5, 0.6) is 0 Å². The van der Waals surface area contributed by atoms with Gasteiger partial charge < -0.3 is 5.73 Å². The van der Waals surface area contributed by atoms with E-state index < -0.39 is 0 Å². The molecule has 0 aliphatic carbocycles. The number of hydrogen-bond donors (Lipinski definition) is 1. The molecule has 96 valence electrons. The molecule has 0 saturated heterocycles. The van der Waals surface area contributed by atoms with Gasteiger partial charge in [0.1, 0.15) is 0 Å². The summed E-state index contributed by atoms with van der Waals surface area (Å²) in [6.45, 7) is 7.48. The van der Waals surface area contributed by atoms with Crippen molar-refractivity contribution >= 4 is 0 Å². The summed E-state index contributed by atoms with van der Waals surface area (Å²) >= 11 is 0. The highest BCUT2D eigenvalue weighted by Crippen LogP contribution is 2.09. The molecule has 1 unspecified atom stereocenters. The summed E-state index contributed by atoms with van der Waals surface area (Å²) in [6.07, 6.45) is 3.49. The topological polar surface area (TPSA) is 29.3 Å². The zero-order valence-corrected chi connectivity index (χ0v) is 11.2. The summed E-state index contributed by atoms with van der Waals surface area (Å²) in [5.41, 5.74) is 7.32. The third kappa shape index (κ3) is 4.88. The Morgan fingerprint density at radius 2 is 1.88 bits per heavy atom. The lowest BCUT2D eigenvalue weighted by Crippen LogP contribution is -2.41. The van der Waals surface area contributed by atoms with Crippen LogP contribution in [0.15, 0.2) is 30.3 Å². The van der Waals surface area contributed by atoms with Crippen LogP contribution in [0.3, 0.4) is 0 Å². The van der Waals surface area contributed by atoms with Gasteiger partial charge in [-0.3, -0.25) is 4.90 Å². The molecule has 0 spiro atoms. The number of hydrogen-bond acceptors (Lipinski definition) is 2. The van der Waals surface area contributed by atoms with Crippen molar-refractivity contribution in [2.75, 3.05) is 19.6 Å². The largest absolute Gasteiger partial charge is 0.329 e. The van der Waals surface area contributed by atoms with E-state index in [4.69, 9.17) is 5.73 Å². The highest BCUT2D eigenvalue weighted by Gasteiger charge is 2.14. The van der Waals surface area contributed by atoms with E-state index in [1.807, 2.05) is 0 Å². The molecule has 0 aromatic heterocycles. The Bertz CT molecular complexity index is 284. The minimum Gasteiger partial charge on any atom is -0.329 e. The van der Waals surface area contributed by atoms with E-state index in [2.05, 4.69) is 49.1 Å². The van der Waals surface area contributed by atoms with Crippen molar-refractivity contribution in [3.05, 3.63) is 35.9 Å². The van der Waals surface area contributed by atoms with Gasteiger partial charge in [0.25, 0.3) is 0 Å². The first-order chi connectivity index (χ1) is 8.31. The first-order valence-electron chi connectivity index (χ1n) is 6.79. The van der Waals surface area contributed by atoms with Gasteiger partial charge in [-0.25, -0.2) is 0 Å².